The van der Waals surface area contributed by atoms with Crippen LogP contribution in [0.2, 0.25) is 0 Å². The zero-order chi connectivity index (χ0) is 23.2. The number of fused-ring (bicyclic) bond motifs is 1. The van der Waals surface area contributed by atoms with Crippen molar-refractivity contribution in [1.82, 2.24) is 24.3 Å². The summed E-state index contributed by atoms with van der Waals surface area (Å²) in [6, 6.07) is 10.8. The van der Waals surface area contributed by atoms with Gasteiger partial charge in [0.05, 0.1) is 18.4 Å². The van der Waals surface area contributed by atoms with Crippen LogP contribution in [0.15, 0.2) is 41.7 Å². The van der Waals surface area contributed by atoms with E-state index in [1.807, 2.05) is 24.4 Å². The molecule has 1 aliphatic carbocycles. The van der Waals surface area contributed by atoms with Crippen molar-refractivity contribution in [2.24, 2.45) is 0 Å². The van der Waals surface area contributed by atoms with E-state index in [9.17, 15) is 4.79 Å². The van der Waals surface area contributed by atoms with Gasteiger partial charge in [0.15, 0.2) is 16.8 Å². The van der Waals surface area contributed by atoms with Crippen molar-refractivity contribution in [1.29, 1.82) is 0 Å². The maximum atomic E-state index is 13.2. The number of thioether (sulfide) groups is 1. The molecule has 176 valence electrons. The Labute approximate surface area is 202 Å². The highest BCUT2D eigenvalue weighted by atomic mass is 32.2. The van der Waals surface area contributed by atoms with Crippen LogP contribution in [0, 0.1) is 13.8 Å². The Hall–Kier alpha value is -2.84. The van der Waals surface area contributed by atoms with E-state index in [-0.39, 0.29) is 11.9 Å². The topological polar surface area (TPSA) is 77.7 Å². The molecule has 1 atom stereocenters. The number of carbonyl (C=O) groups excluding carboxylic acids is 1. The SMILES string of the molecule is Cc1cc(C(=O)CSc2nnc(-c3c[nH]c4ccccc34)n2CC2CCCO2)c(C)n1C1CC1. The van der Waals surface area contributed by atoms with Gasteiger partial charge < -0.3 is 14.3 Å². The normalized spacial score (nSPS) is 18.2. The Morgan fingerprint density at radius 3 is 2.85 bits per heavy atom. The van der Waals surface area contributed by atoms with Crippen LogP contribution in [-0.2, 0) is 11.3 Å². The van der Waals surface area contributed by atoms with E-state index in [4.69, 9.17) is 4.74 Å². The minimum Gasteiger partial charge on any atom is -0.376 e. The molecule has 1 unspecified atom stereocenters. The fourth-order valence-corrected chi connectivity index (χ4v) is 6.00. The summed E-state index contributed by atoms with van der Waals surface area (Å²) in [5.74, 6) is 1.30. The minimum atomic E-state index is 0.144. The Balaban J connectivity index is 1.29. The van der Waals surface area contributed by atoms with Gasteiger partial charge in [-0.3, -0.25) is 9.36 Å². The minimum absolute atomic E-state index is 0.144. The Morgan fingerprint density at radius 2 is 2.06 bits per heavy atom. The molecular formula is C26H29N5O2S. The molecule has 34 heavy (non-hydrogen) atoms. The first-order valence-corrected chi connectivity index (χ1v) is 13.0. The number of Topliss-reactive ketones (excluding diaryl/α,β-unsaturated/α-hetero) is 1. The molecule has 1 saturated carbocycles. The second-order valence-corrected chi connectivity index (χ2v) is 10.3. The van der Waals surface area contributed by atoms with E-state index >= 15 is 0 Å². The molecule has 2 aliphatic rings. The number of ketones is 1. The number of nitrogens with zero attached hydrogens (tertiary/aromatic N) is 4. The fourth-order valence-electron chi connectivity index (χ4n) is 5.17. The van der Waals surface area contributed by atoms with Crippen molar-refractivity contribution in [2.45, 2.75) is 63.4 Å². The lowest BCUT2D eigenvalue weighted by Crippen LogP contribution is -2.17. The Bertz CT molecular complexity index is 1360. The molecule has 4 aromatic rings. The summed E-state index contributed by atoms with van der Waals surface area (Å²) in [6.07, 6.45) is 6.66. The first-order chi connectivity index (χ1) is 16.6. The van der Waals surface area contributed by atoms with Gasteiger partial charge in [0, 0.05) is 52.3 Å². The molecule has 1 aromatic carbocycles. The number of ether oxygens (including phenoxy) is 1. The summed E-state index contributed by atoms with van der Waals surface area (Å²) in [4.78, 5) is 16.5. The quantitative estimate of drug-likeness (QED) is 0.275. The largest absolute Gasteiger partial charge is 0.376 e. The zero-order valence-corrected chi connectivity index (χ0v) is 20.4. The molecular weight excluding hydrogens is 446 g/mol. The third-order valence-electron chi connectivity index (χ3n) is 6.99. The summed E-state index contributed by atoms with van der Waals surface area (Å²) in [7, 11) is 0. The predicted octanol–water partition coefficient (Wildman–Crippen LogP) is 5.33. The van der Waals surface area contributed by atoms with Gasteiger partial charge in [-0.1, -0.05) is 30.0 Å². The lowest BCUT2D eigenvalue weighted by molar-refractivity contribution is 0.0953. The van der Waals surface area contributed by atoms with Crippen molar-refractivity contribution in [2.75, 3.05) is 12.4 Å². The summed E-state index contributed by atoms with van der Waals surface area (Å²) in [6.45, 7) is 5.65. The smallest absolute Gasteiger partial charge is 0.192 e. The number of carbonyl (C=O) groups is 1. The molecule has 1 N–H and O–H groups in total. The molecule has 8 heteroatoms. The second-order valence-electron chi connectivity index (χ2n) is 9.40. The number of aromatic amines is 1. The summed E-state index contributed by atoms with van der Waals surface area (Å²) in [5, 5.41) is 11.0. The summed E-state index contributed by atoms with van der Waals surface area (Å²) < 4.78 is 10.4. The van der Waals surface area contributed by atoms with Gasteiger partial charge in [-0.15, -0.1) is 10.2 Å². The third-order valence-corrected chi connectivity index (χ3v) is 7.95. The van der Waals surface area contributed by atoms with Gasteiger partial charge in [0.2, 0.25) is 0 Å². The molecule has 7 nitrogen and oxygen atoms in total. The van der Waals surface area contributed by atoms with E-state index in [1.165, 1.54) is 30.3 Å². The van der Waals surface area contributed by atoms with Crippen molar-refractivity contribution in [3.63, 3.8) is 0 Å². The van der Waals surface area contributed by atoms with Crippen LogP contribution in [0.25, 0.3) is 22.3 Å². The number of nitrogens with one attached hydrogen (secondary N) is 1. The number of benzene rings is 1. The Kier molecular flexibility index (Phi) is 5.57. The van der Waals surface area contributed by atoms with Crippen molar-refractivity contribution in [3.05, 3.63) is 53.5 Å². The number of H-pyrrole nitrogens is 1. The predicted molar refractivity (Wildman–Crippen MR) is 134 cm³/mol. The Morgan fingerprint density at radius 1 is 1.21 bits per heavy atom. The van der Waals surface area contributed by atoms with Crippen LogP contribution >= 0.6 is 11.8 Å². The lowest BCUT2D eigenvalue weighted by Gasteiger charge is -2.14. The van der Waals surface area contributed by atoms with Gasteiger partial charge in [0.1, 0.15) is 0 Å². The summed E-state index contributed by atoms with van der Waals surface area (Å²) in [5.41, 5.74) is 5.19. The van der Waals surface area contributed by atoms with E-state index in [2.05, 4.69) is 50.3 Å². The van der Waals surface area contributed by atoms with Gasteiger partial charge in [-0.05, 0) is 51.7 Å². The van der Waals surface area contributed by atoms with E-state index in [1.54, 1.807) is 0 Å². The van der Waals surface area contributed by atoms with Crippen LogP contribution in [0.3, 0.4) is 0 Å². The van der Waals surface area contributed by atoms with Crippen molar-refractivity contribution >= 4 is 28.4 Å². The monoisotopic (exact) mass is 475 g/mol. The average molecular weight is 476 g/mol. The molecule has 1 aliphatic heterocycles. The average Bonchev–Trinajstić information content (AvgIpc) is 3.19. The number of rotatable bonds is 8. The lowest BCUT2D eigenvalue weighted by atomic mass is 10.1. The molecule has 4 heterocycles. The first kappa shape index (κ1) is 21.7. The number of hydrogen-bond acceptors (Lipinski definition) is 5. The van der Waals surface area contributed by atoms with Gasteiger partial charge in [-0.25, -0.2) is 0 Å². The van der Waals surface area contributed by atoms with Crippen molar-refractivity contribution < 1.29 is 9.53 Å². The van der Waals surface area contributed by atoms with E-state index in [0.29, 0.717) is 18.3 Å². The molecule has 0 radical (unpaired) electrons. The highest BCUT2D eigenvalue weighted by Gasteiger charge is 2.29. The molecule has 0 amide bonds. The highest BCUT2D eigenvalue weighted by molar-refractivity contribution is 7.99. The van der Waals surface area contributed by atoms with E-state index in [0.717, 1.165) is 58.2 Å². The highest BCUT2D eigenvalue weighted by Crippen LogP contribution is 2.39. The fraction of sp³-hybridized carbons (Fsp3) is 0.423. The van der Waals surface area contributed by atoms with Crippen LogP contribution in [0.4, 0.5) is 0 Å². The number of aryl methyl sites for hydroxylation is 1. The number of hydrogen-bond donors (Lipinski definition) is 1. The van der Waals surface area contributed by atoms with E-state index < -0.39 is 0 Å². The van der Waals surface area contributed by atoms with Crippen LogP contribution in [0.5, 0.6) is 0 Å². The van der Waals surface area contributed by atoms with Crippen LogP contribution in [-0.4, -0.2) is 48.6 Å². The molecule has 3 aromatic heterocycles. The zero-order valence-electron chi connectivity index (χ0n) is 19.6. The number of para-hydroxylation sites is 1. The maximum absolute atomic E-state index is 13.2. The molecule has 6 rings (SSSR count). The van der Waals surface area contributed by atoms with Crippen molar-refractivity contribution in [3.8, 4) is 11.4 Å². The maximum Gasteiger partial charge on any atom is 0.192 e. The van der Waals surface area contributed by atoms with Gasteiger partial charge >= 0.3 is 0 Å². The molecule has 0 bridgehead atoms. The molecule has 1 saturated heterocycles. The number of aromatic nitrogens is 5. The molecule has 0 spiro atoms. The van der Waals surface area contributed by atoms with Gasteiger partial charge in [0.25, 0.3) is 0 Å². The standard InChI is InChI=1S/C26H29N5O2S/c1-16-12-21(17(2)31(16)18-9-10-18)24(32)15-34-26-29-28-25(30(26)14-19-6-5-11-33-19)22-13-27-23-8-4-3-7-20(22)23/h3-4,7-8,12-13,18-19,27H,5-6,9-11,14-15H2,1-2H3. The molecule has 2 fully saturated rings. The first-order valence-electron chi connectivity index (χ1n) is 12.1. The second kappa shape index (κ2) is 8.74. The van der Waals surface area contributed by atoms with Crippen LogP contribution < -0.4 is 0 Å². The third kappa shape index (κ3) is 3.88. The van der Waals surface area contributed by atoms with Crippen LogP contribution in [0.1, 0.15) is 53.5 Å². The van der Waals surface area contributed by atoms with Gasteiger partial charge in [-0.2, -0.15) is 0 Å². The summed E-state index contributed by atoms with van der Waals surface area (Å²) >= 11 is 1.47.